The van der Waals surface area contributed by atoms with Crippen LogP contribution in [0, 0.1) is 17.7 Å². The van der Waals surface area contributed by atoms with Crippen LogP contribution >= 0.6 is 0 Å². The number of hydrogen-bond donors (Lipinski definition) is 0. The van der Waals surface area contributed by atoms with Crippen molar-refractivity contribution in [3.63, 3.8) is 0 Å². The fourth-order valence-corrected chi connectivity index (χ4v) is 8.37. The first kappa shape index (κ1) is 49.1. The predicted octanol–water partition coefficient (Wildman–Crippen LogP) is 13.5. The van der Waals surface area contributed by atoms with E-state index in [4.69, 9.17) is 0 Å². The zero-order valence-electron chi connectivity index (χ0n) is 32.5. The van der Waals surface area contributed by atoms with Crippen LogP contribution in [0.1, 0.15) is 90.5 Å². The fraction of sp³-hybridized carbons (Fsp3) is 0.600. The van der Waals surface area contributed by atoms with Gasteiger partial charge in [0, 0.05) is 18.0 Å². The molecule has 0 N–H and O–H groups in total. The van der Waals surface area contributed by atoms with Gasteiger partial charge in [0.1, 0.15) is 17.1 Å². The highest BCUT2D eigenvalue weighted by atomic mass is 28.2. The smallest absolute Gasteiger partial charge is 0.460 e. The molecule has 1 aliphatic heterocycles. The highest BCUT2D eigenvalue weighted by Gasteiger charge is 2.91. The van der Waals surface area contributed by atoms with Gasteiger partial charge in [-0.1, -0.05) is 114 Å². The average molecular weight is 899 g/mol. The number of aromatic nitrogens is 2. The zero-order chi connectivity index (χ0) is 45.1. The van der Waals surface area contributed by atoms with E-state index < -0.39 is 82.8 Å². The molecule has 0 spiro atoms. The van der Waals surface area contributed by atoms with Gasteiger partial charge in [-0.3, -0.25) is 0 Å². The van der Waals surface area contributed by atoms with Gasteiger partial charge in [0.15, 0.2) is 11.9 Å². The second-order valence-electron chi connectivity index (χ2n) is 15.3. The minimum absolute atomic E-state index is 0.396. The van der Waals surface area contributed by atoms with Gasteiger partial charge in [-0.2, -0.15) is 65.9 Å². The monoisotopic (exact) mass is 898 g/mol. The zero-order valence-corrected chi connectivity index (χ0v) is 33.5. The molecule has 0 aliphatic carbocycles. The van der Waals surface area contributed by atoms with Gasteiger partial charge in [0.05, 0.1) is 21.5 Å². The van der Waals surface area contributed by atoms with E-state index in [9.17, 15) is 57.1 Å². The van der Waals surface area contributed by atoms with E-state index in [-0.39, 0.29) is 0 Å². The molecule has 60 heavy (non-hydrogen) atoms. The van der Waals surface area contributed by atoms with Gasteiger partial charge in [-0.25, -0.2) is 14.4 Å². The Morgan fingerprint density at radius 1 is 0.683 bits per heavy atom. The molecule has 4 rings (SSSR count). The lowest BCUT2D eigenvalue weighted by atomic mass is 9.89. The predicted molar refractivity (Wildman–Crippen MR) is 192 cm³/mol. The van der Waals surface area contributed by atoms with Crippen molar-refractivity contribution in [3.05, 3.63) is 60.2 Å². The lowest BCUT2D eigenvalue weighted by Gasteiger charge is -2.40. The molecule has 0 saturated carbocycles. The number of hydrogen-bond acceptors (Lipinski definition) is 3. The van der Waals surface area contributed by atoms with Crippen LogP contribution in [0.15, 0.2) is 48.8 Å². The van der Waals surface area contributed by atoms with E-state index in [0.29, 0.717) is 27.1 Å². The molecule has 2 heterocycles. The third kappa shape index (κ3) is 9.72. The number of rotatable bonds is 21. The van der Waals surface area contributed by atoms with Crippen LogP contribution in [0.4, 0.5) is 70.2 Å². The molecular formula is C40H42F16N2OSi. The highest BCUT2D eigenvalue weighted by Crippen LogP contribution is 2.62. The van der Waals surface area contributed by atoms with Crippen LogP contribution < -0.4 is 9.92 Å². The molecule has 0 fully saturated rings. The second kappa shape index (κ2) is 18.4. The molecule has 334 valence electrons. The van der Waals surface area contributed by atoms with Crippen LogP contribution in [0.2, 0.25) is 6.04 Å². The third-order valence-electron chi connectivity index (χ3n) is 10.6. The SMILES string of the molecule is CCCCCC(C)CCCCC(C)CC[Si]c1ccccc1-c1cnc(-c2ccc3c(c2F)C(F)(F)C(CC(F)(F)C(F)(F)C(F)(F)C(F)(F)C(F)(F)C(F)(F)F)O3)nc1. The molecule has 3 aromatic rings. The number of alkyl halides is 15. The molecule has 20 heteroatoms. The first-order valence-corrected chi connectivity index (χ1v) is 20.3. The number of ether oxygens (including phenoxy) is 1. The van der Waals surface area contributed by atoms with Crippen molar-refractivity contribution in [2.24, 2.45) is 11.8 Å². The van der Waals surface area contributed by atoms with Crippen LogP contribution in [0.3, 0.4) is 0 Å². The van der Waals surface area contributed by atoms with Gasteiger partial charge in [0.2, 0.25) is 0 Å². The van der Waals surface area contributed by atoms with Gasteiger partial charge >= 0.3 is 41.7 Å². The van der Waals surface area contributed by atoms with E-state index in [2.05, 4.69) is 35.5 Å². The first-order valence-electron chi connectivity index (χ1n) is 19.1. The summed E-state index contributed by atoms with van der Waals surface area (Å²) >= 11 is 0. The highest BCUT2D eigenvalue weighted by molar-refractivity contribution is 6.55. The summed E-state index contributed by atoms with van der Waals surface area (Å²) in [6.07, 6.45) is -1.59. The maximum absolute atomic E-state index is 15.7. The number of halogens is 16. The van der Waals surface area contributed by atoms with Crippen molar-refractivity contribution in [3.8, 4) is 28.3 Å². The molecule has 3 nitrogen and oxygen atoms in total. The molecule has 0 bridgehead atoms. The van der Waals surface area contributed by atoms with E-state index in [0.717, 1.165) is 48.0 Å². The quantitative estimate of drug-likeness (QED) is 0.0607. The summed E-state index contributed by atoms with van der Waals surface area (Å²) in [6, 6.07) is 9.46. The summed E-state index contributed by atoms with van der Waals surface area (Å²) in [4.78, 5) is 8.07. The molecule has 3 unspecified atom stereocenters. The summed E-state index contributed by atoms with van der Waals surface area (Å²) in [5, 5.41) is 0.964. The Balaban J connectivity index is 1.45. The standard InChI is InChI=1S/C40H42F16N2OSi/c1-4-5-6-11-23(2)12-7-8-13-24(3)18-19-60-29-15-10-9-14-26(29)25-21-57-33(58-22-25)27-16-17-28-31(32(27)41)35(44,45)30(59-28)20-34(42,43)36(46,47)37(48,49)38(50,51)39(52,53)40(54,55)56/h9-10,14-17,21-24,30H,4-8,11-13,18-20H2,1-3H3. The van der Waals surface area contributed by atoms with Crippen molar-refractivity contribution in [1.29, 1.82) is 0 Å². The molecule has 2 aromatic carbocycles. The summed E-state index contributed by atoms with van der Waals surface area (Å²) in [5.74, 6) is -46.7. The molecular weight excluding hydrogens is 857 g/mol. The number of benzene rings is 2. The Morgan fingerprint density at radius 2 is 1.22 bits per heavy atom. The van der Waals surface area contributed by atoms with Crippen molar-refractivity contribution in [2.45, 2.75) is 139 Å². The van der Waals surface area contributed by atoms with Crippen molar-refractivity contribution in [2.75, 3.05) is 0 Å². The Bertz CT molecular complexity index is 1890. The molecule has 0 saturated heterocycles. The molecule has 1 aliphatic rings. The fourth-order valence-electron chi connectivity index (χ4n) is 6.83. The van der Waals surface area contributed by atoms with Gasteiger partial charge in [-0.15, -0.1) is 0 Å². The summed E-state index contributed by atoms with van der Waals surface area (Å²) in [7, 11) is 0.396. The van der Waals surface area contributed by atoms with Crippen molar-refractivity contribution >= 4 is 14.7 Å². The van der Waals surface area contributed by atoms with E-state index >= 15 is 13.2 Å². The van der Waals surface area contributed by atoms with Crippen LogP contribution in [0.25, 0.3) is 22.5 Å². The van der Waals surface area contributed by atoms with Gasteiger partial charge < -0.3 is 4.74 Å². The Labute approximate surface area is 338 Å². The summed E-state index contributed by atoms with van der Waals surface area (Å²) < 4.78 is 228. The van der Waals surface area contributed by atoms with E-state index in [1.165, 1.54) is 50.9 Å². The Hall–Kier alpha value is -3.58. The number of nitrogens with zero attached hydrogens (tertiary/aromatic N) is 2. The normalized spacial score (nSPS) is 17.4. The first-order chi connectivity index (χ1) is 27.7. The lowest BCUT2D eigenvalue weighted by molar-refractivity contribution is -0.441. The Kier molecular flexibility index (Phi) is 15.1. The summed E-state index contributed by atoms with van der Waals surface area (Å²) in [6.45, 7) is 6.70. The van der Waals surface area contributed by atoms with Gasteiger partial charge in [-0.05, 0) is 29.5 Å². The van der Waals surface area contributed by atoms with E-state index in [1.807, 2.05) is 12.1 Å². The van der Waals surface area contributed by atoms with Crippen LogP contribution in [-0.4, -0.2) is 61.4 Å². The van der Waals surface area contributed by atoms with Crippen LogP contribution in [-0.2, 0) is 5.92 Å². The number of fused-ring (bicyclic) bond motifs is 1. The molecule has 1 aromatic heterocycles. The largest absolute Gasteiger partial charge is 0.483 e. The number of unbranched alkanes of at least 4 members (excludes halogenated alkanes) is 3. The molecule has 2 radical (unpaired) electrons. The summed E-state index contributed by atoms with van der Waals surface area (Å²) in [5.41, 5.74) is -1.49. The topological polar surface area (TPSA) is 35.0 Å². The van der Waals surface area contributed by atoms with Crippen LogP contribution in [0.5, 0.6) is 5.75 Å². The maximum atomic E-state index is 15.7. The maximum Gasteiger partial charge on any atom is 0.460 e. The van der Waals surface area contributed by atoms with E-state index in [1.54, 1.807) is 12.1 Å². The molecule has 3 atom stereocenters. The minimum atomic E-state index is -8.21. The van der Waals surface area contributed by atoms with Crippen molar-refractivity contribution in [1.82, 2.24) is 9.97 Å². The minimum Gasteiger partial charge on any atom is -0.483 e. The Morgan fingerprint density at radius 3 is 1.78 bits per heavy atom. The van der Waals surface area contributed by atoms with Gasteiger partial charge in [0.25, 0.3) is 0 Å². The molecule has 0 amide bonds. The average Bonchev–Trinajstić information content (AvgIpc) is 3.41. The van der Waals surface area contributed by atoms with Crippen molar-refractivity contribution < 1.29 is 75.0 Å². The second-order valence-corrected chi connectivity index (χ2v) is 16.7. The lowest BCUT2D eigenvalue weighted by Crippen LogP contribution is -2.70. The third-order valence-corrected chi connectivity index (χ3v) is 11.9.